The number of amides is 1. The number of nitrogens with zero attached hydrogens (tertiary/aromatic N) is 2. The van der Waals surface area contributed by atoms with E-state index in [0.29, 0.717) is 31.1 Å². The molecule has 21 heavy (non-hydrogen) atoms. The second-order valence-corrected chi connectivity index (χ2v) is 7.15. The van der Waals surface area contributed by atoms with Crippen molar-refractivity contribution in [2.24, 2.45) is 0 Å². The molecule has 1 aromatic carbocycles. The minimum atomic E-state index is -3.44. The van der Waals surface area contributed by atoms with Crippen LogP contribution in [0.3, 0.4) is 0 Å². The number of carbonyl (C=O) groups excluding carboxylic acids is 1. The summed E-state index contributed by atoms with van der Waals surface area (Å²) in [5.74, 6) is 0.0256. The fourth-order valence-corrected chi connectivity index (χ4v) is 4.18. The highest BCUT2D eigenvalue weighted by molar-refractivity contribution is 7.89. The summed E-state index contributed by atoms with van der Waals surface area (Å²) in [5.41, 5.74) is 2.07. The van der Waals surface area contributed by atoms with Crippen LogP contribution in [0.25, 0.3) is 0 Å². The first kappa shape index (κ1) is 16.0. The quantitative estimate of drug-likeness (QED) is 0.849. The fourth-order valence-electron chi connectivity index (χ4n) is 2.68. The van der Waals surface area contributed by atoms with Crippen LogP contribution in [0.15, 0.2) is 23.1 Å². The van der Waals surface area contributed by atoms with Crippen molar-refractivity contribution in [2.75, 3.05) is 19.6 Å². The maximum atomic E-state index is 12.5. The molecular weight excluding hydrogens is 288 g/mol. The molecule has 0 bridgehead atoms. The number of fused-ring (bicyclic) bond motifs is 1. The largest absolute Gasteiger partial charge is 0.338 e. The smallest absolute Gasteiger partial charge is 0.243 e. The van der Waals surface area contributed by atoms with Crippen molar-refractivity contribution in [3.05, 3.63) is 29.3 Å². The van der Waals surface area contributed by atoms with Gasteiger partial charge in [-0.05, 0) is 29.7 Å². The third-order valence-corrected chi connectivity index (χ3v) is 6.02. The van der Waals surface area contributed by atoms with Gasteiger partial charge in [0, 0.05) is 33.1 Å². The number of carbonyl (C=O) groups is 1. The average Bonchev–Trinajstić information content (AvgIpc) is 2.47. The van der Waals surface area contributed by atoms with Gasteiger partial charge in [-0.3, -0.25) is 4.79 Å². The van der Waals surface area contributed by atoms with Crippen LogP contribution in [0.2, 0.25) is 0 Å². The number of hydrogen-bond acceptors (Lipinski definition) is 3. The molecule has 0 aliphatic carbocycles. The third kappa shape index (κ3) is 3.11. The number of hydrogen-bond donors (Lipinski definition) is 0. The van der Waals surface area contributed by atoms with E-state index in [0.717, 1.165) is 17.5 Å². The number of benzene rings is 1. The van der Waals surface area contributed by atoms with Gasteiger partial charge in [-0.1, -0.05) is 19.9 Å². The van der Waals surface area contributed by atoms with Gasteiger partial charge in [-0.25, -0.2) is 8.42 Å². The highest BCUT2D eigenvalue weighted by Gasteiger charge is 2.24. The minimum absolute atomic E-state index is 0.0256. The summed E-state index contributed by atoms with van der Waals surface area (Å²) in [4.78, 5) is 13.6. The zero-order chi connectivity index (χ0) is 15.6. The Hall–Kier alpha value is -1.40. The monoisotopic (exact) mass is 310 g/mol. The molecule has 0 unspecified atom stereocenters. The van der Waals surface area contributed by atoms with Crippen LogP contribution in [0.5, 0.6) is 0 Å². The van der Waals surface area contributed by atoms with Gasteiger partial charge in [0.25, 0.3) is 0 Å². The maximum absolute atomic E-state index is 12.5. The Labute approximate surface area is 126 Å². The van der Waals surface area contributed by atoms with Gasteiger partial charge >= 0.3 is 0 Å². The van der Waals surface area contributed by atoms with E-state index in [1.807, 2.05) is 19.9 Å². The van der Waals surface area contributed by atoms with Crippen molar-refractivity contribution >= 4 is 15.9 Å². The maximum Gasteiger partial charge on any atom is 0.243 e. The Morgan fingerprint density at radius 1 is 1.24 bits per heavy atom. The zero-order valence-electron chi connectivity index (χ0n) is 12.8. The minimum Gasteiger partial charge on any atom is -0.338 e. The first-order valence-corrected chi connectivity index (χ1v) is 8.71. The molecule has 0 saturated carbocycles. The van der Waals surface area contributed by atoms with E-state index >= 15 is 0 Å². The van der Waals surface area contributed by atoms with E-state index in [-0.39, 0.29) is 5.91 Å². The van der Waals surface area contributed by atoms with Crippen molar-refractivity contribution in [3.63, 3.8) is 0 Å². The summed E-state index contributed by atoms with van der Waals surface area (Å²) in [7, 11) is -3.44. The molecule has 5 nitrogen and oxygen atoms in total. The molecule has 0 saturated heterocycles. The van der Waals surface area contributed by atoms with Gasteiger partial charge in [0.15, 0.2) is 0 Å². The van der Waals surface area contributed by atoms with E-state index in [9.17, 15) is 13.2 Å². The van der Waals surface area contributed by atoms with Gasteiger partial charge in [0.05, 0.1) is 4.90 Å². The van der Waals surface area contributed by atoms with E-state index in [2.05, 4.69) is 0 Å². The molecule has 2 rings (SSSR count). The van der Waals surface area contributed by atoms with Crippen molar-refractivity contribution in [1.82, 2.24) is 9.21 Å². The van der Waals surface area contributed by atoms with Gasteiger partial charge in [-0.15, -0.1) is 0 Å². The number of rotatable bonds is 4. The van der Waals surface area contributed by atoms with E-state index in [1.54, 1.807) is 24.0 Å². The van der Waals surface area contributed by atoms with Crippen molar-refractivity contribution < 1.29 is 13.2 Å². The Bertz CT molecular complexity index is 636. The van der Waals surface area contributed by atoms with E-state index < -0.39 is 10.0 Å². The third-order valence-electron chi connectivity index (χ3n) is 3.98. The highest BCUT2D eigenvalue weighted by atomic mass is 32.2. The summed E-state index contributed by atoms with van der Waals surface area (Å²) >= 11 is 0. The molecule has 0 spiro atoms. The van der Waals surface area contributed by atoms with Crippen LogP contribution >= 0.6 is 0 Å². The zero-order valence-corrected chi connectivity index (χ0v) is 13.6. The topological polar surface area (TPSA) is 57.7 Å². The van der Waals surface area contributed by atoms with Crippen molar-refractivity contribution in [3.8, 4) is 0 Å². The van der Waals surface area contributed by atoms with Crippen LogP contribution in [0.4, 0.5) is 0 Å². The Balaban J connectivity index is 2.37. The summed E-state index contributed by atoms with van der Waals surface area (Å²) in [5, 5.41) is 0. The number of sulfonamides is 1. The predicted octanol–water partition coefficient (Wildman–Crippen LogP) is 1.62. The van der Waals surface area contributed by atoms with Crippen LogP contribution in [0, 0.1) is 0 Å². The van der Waals surface area contributed by atoms with Crippen molar-refractivity contribution in [2.45, 2.75) is 38.6 Å². The molecule has 0 N–H and O–H groups in total. The molecular formula is C15H22N2O3S. The second kappa shape index (κ2) is 6.15. The fraction of sp³-hybridized carbons (Fsp3) is 0.533. The van der Waals surface area contributed by atoms with Gasteiger partial charge < -0.3 is 4.90 Å². The molecule has 6 heteroatoms. The Kier molecular flexibility index (Phi) is 4.68. The lowest BCUT2D eigenvalue weighted by Gasteiger charge is -2.28. The molecule has 0 radical (unpaired) electrons. The SMILES string of the molecule is CCN(CC)S(=O)(=O)c1ccc2c(c1)CN(C(C)=O)CC2. The second-order valence-electron chi connectivity index (χ2n) is 5.21. The summed E-state index contributed by atoms with van der Waals surface area (Å²) < 4.78 is 26.5. The lowest BCUT2D eigenvalue weighted by Crippen LogP contribution is -2.35. The highest BCUT2D eigenvalue weighted by Crippen LogP contribution is 2.24. The van der Waals surface area contributed by atoms with Gasteiger partial charge in [0.2, 0.25) is 15.9 Å². The van der Waals surface area contributed by atoms with Crippen LogP contribution in [-0.4, -0.2) is 43.2 Å². The van der Waals surface area contributed by atoms with Gasteiger partial charge in [-0.2, -0.15) is 4.31 Å². The van der Waals surface area contributed by atoms with E-state index in [4.69, 9.17) is 0 Å². The first-order chi connectivity index (χ1) is 9.90. The van der Waals surface area contributed by atoms with E-state index in [1.165, 1.54) is 4.31 Å². The molecule has 1 aromatic rings. The normalized spacial score (nSPS) is 15.1. The first-order valence-electron chi connectivity index (χ1n) is 7.27. The Morgan fingerprint density at radius 3 is 2.48 bits per heavy atom. The molecule has 0 atom stereocenters. The molecule has 116 valence electrons. The summed E-state index contributed by atoms with van der Waals surface area (Å²) in [6.45, 7) is 7.30. The van der Waals surface area contributed by atoms with Crippen LogP contribution < -0.4 is 0 Å². The standard InChI is InChI=1S/C15H22N2O3S/c1-4-17(5-2)21(19,20)15-7-6-13-8-9-16(12(3)18)11-14(13)10-15/h6-7,10H,4-5,8-9,11H2,1-3H3. The van der Waals surface area contributed by atoms with Gasteiger partial charge in [0.1, 0.15) is 0 Å². The Morgan fingerprint density at radius 2 is 1.90 bits per heavy atom. The molecule has 1 amide bonds. The average molecular weight is 310 g/mol. The molecule has 1 aliphatic rings. The van der Waals surface area contributed by atoms with Crippen LogP contribution in [-0.2, 0) is 27.8 Å². The predicted molar refractivity (Wildman–Crippen MR) is 81.3 cm³/mol. The summed E-state index contributed by atoms with van der Waals surface area (Å²) in [6.07, 6.45) is 0.778. The molecule has 1 aliphatic heterocycles. The molecule has 1 heterocycles. The lowest BCUT2D eigenvalue weighted by molar-refractivity contribution is -0.129. The molecule has 0 aromatic heterocycles. The van der Waals surface area contributed by atoms with Crippen LogP contribution in [0.1, 0.15) is 31.9 Å². The molecule has 0 fully saturated rings. The summed E-state index contributed by atoms with van der Waals surface area (Å²) in [6, 6.07) is 5.27. The van der Waals surface area contributed by atoms with Crippen molar-refractivity contribution in [1.29, 1.82) is 0 Å². The lowest BCUT2D eigenvalue weighted by atomic mass is 10.00.